The van der Waals surface area contributed by atoms with Crippen molar-refractivity contribution in [3.8, 4) is 23.0 Å². The first kappa shape index (κ1) is 28.8. The Morgan fingerprint density at radius 2 is 1.95 bits per heavy atom. The average Bonchev–Trinajstić information content (AvgIpc) is 3.10. The second-order valence-electron chi connectivity index (χ2n) is 8.93. The number of fused-ring (bicyclic) bond motifs is 1. The molecule has 2 unspecified atom stereocenters. The number of nitrogens with zero attached hydrogens (tertiary/aromatic N) is 2. The Kier molecular flexibility index (Phi) is 9.90. The highest BCUT2D eigenvalue weighted by molar-refractivity contribution is 7.82. The number of amides is 1. The smallest absolute Gasteiger partial charge is 0.279 e. The number of nitrogens with one attached hydrogen (secondary N) is 1. The third-order valence-corrected chi connectivity index (χ3v) is 7.24. The molecule has 0 bridgehead atoms. The van der Waals surface area contributed by atoms with Gasteiger partial charge in [-0.1, -0.05) is 30.3 Å². The zero-order valence-electron chi connectivity index (χ0n) is 22.3. The van der Waals surface area contributed by atoms with Crippen LogP contribution in [0.3, 0.4) is 0 Å². The molecule has 3 aromatic rings. The third-order valence-electron chi connectivity index (χ3n) is 5.75. The standard InChI is InChI=1S/C29H32N4O6S/c1-20(19-34)38-24-14-22(29(35)32-28(30)10-11-31-2)15-25(16-24)39-23-8-9-27-26(17-23)37-13-12-33(40(27)36)18-21-6-4-3-5-7-21/h3-11,14-17,20,31,34H,12-13,18-19H2,1-2H3,(H2,30,32,35)/b11-10-. The van der Waals surface area contributed by atoms with E-state index in [9.17, 15) is 14.1 Å². The monoisotopic (exact) mass is 564 g/mol. The summed E-state index contributed by atoms with van der Waals surface area (Å²) >= 11 is 0. The van der Waals surface area contributed by atoms with E-state index in [-0.39, 0.29) is 18.0 Å². The van der Waals surface area contributed by atoms with Crippen molar-refractivity contribution in [2.75, 3.05) is 26.8 Å². The molecule has 40 heavy (non-hydrogen) atoms. The Balaban J connectivity index is 1.58. The van der Waals surface area contributed by atoms with E-state index < -0.39 is 23.0 Å². The van der Waals surface area contributed by atoms with Gasteiger partial charge in [0.25, 0.3) is 5.91 Å². The van der Waals surface area contributed by atoms with Gasteiger partial charge in [0.2, 0.25) is 0 Å². The molecule has 0 fully saturated rings. The first-order valence-electron chi connectivity index (χ1n) is 12.7. The Hall–Kier alpha value is -4.19. The van der Waals surface area contributed by atoms with Crippen LogP contribution in [0.25, 0.3) is 0 Å². The van der Waals surface area contributed by atoms with Gasteiger partial charge in [0.05, 0.1) is 11.5 Å². The quantitative estimate of drug-likeness (QED) is 0.252. The maximum atomic E-state index is 13.4. The lowest BCUT2D eigenvalue weighted by atomic mass is 10.2. The Morgan fingerprint density at radius 3 is 2.70 bits per heavy atom. The summed E-state index contributed by atoms with van der Waals surface area (Å²) in [4.78, 5) is 17.3. The molecule has 2 atom stereocenters. The van der Waals surface area contributed by atoms with Gasteiger partial charge in [0, 0.05) is 37.8 Å². The number of aliphatic hydroxyl groups excluding tert-OH is 1. The highest BCUT2D eigenvalue weighted by atomic mass is 32.2. The van der Waals surface area contributed by atoms with E-state index >= 15 is 0 Å². The summed E-state index contributed by atoms with van der Waals surface area (Å²) in [6.45, 7) is 2.86. The molecule has 4 rings (SSSR count). The van der Waals surface area contributed by atoms with E-state index in [0.717, 1.165) is 5.56 Å². The molecule has 0 aliphatic carbocycles. The Morgan fingerprint density at radius 1 is 1.18 bits per heavy atom. The van der Waals surface area contributed by atoms with Crippen LogP contribution in [0.15, 0.2) is 88.9 Å². The molecule has 0 saturated heterocycles. The van der Waals surface area contributed by atoms with E-state index in [0.29, 0.717) is 47.6 Å². The molecule has 10 nitrogen and oxygen atoms in total. The molecule has 1 amide bonds. The minimum absolute atomic E-state index is 0.0223. The van der Waals surface area contributed by atoms with E-state index in [1.807, 2.05) is 34.6 Å². The first-order chi connectivity index (χ1) is 19.4. The summed E-state index contributed by atoms with van der Waals surface area (Å²) in [7, 11) is 0.271. The van der Waals surface area contributed by atoms with Gasteiger partial charge in [-0.3, -0.25) is 4.79 Å². The van der Waals surface area contributed by atoms with Crippen molar-refractivity contribution in [2.45, 2.75) is 24.5 Å². The second-order valence-corrected chi connectivity index (χ2v) is 10.4. The summed E-state index contributed by atoms with van der Waals surface area (Å²) in [5, 5.41) is 12.2. The lowest BCUT2D eigenvalue weighted by Gasteiger charge is -2.18. The molecule has 0 aromatic heterocycles. The zero-order chi connectivity index (χ0) is 28.5. The van der Waals surface area contributed by atoms with Crippen molar-refractivity contribution in [1.29, 1.82) is 0 Å². The van der Waals surface area contributed by atoms with Crippen LogP contribution in [0.4, 0.5) is 0 Å². The van der Waals surface area contributed by atoms with Gasteiger partial charge in [0.15, 0.2) is 0 Å². The van der Waals surface area contributed by atoms with Gasteiger partial charge in [-0.15, -0.1) is 0 Å². The number of ether oxygens (including phenoxy) is 3. The summed E-state index contributed by atoms with van der Waals surface area (Å²) in [6, 6.07) is 19.5. The van der Waals surface area contributed by atoms with Crippen LogP contribution in [0, 0.1) is 0 Å². The third kappa shape index (κ3) is 7.69. The van der Waals surface area contributed by atoms with Crippen LogP contribution in [-0.4, -0.2) is 58.3 Å². The Bertz CT molecular complexity index is 1410. The molecule has 0 radical (unpaired) electrons. The van der Waals surface area contributed by atoms with Crippen molar-refractivity contribution in [2.24, 2.45) is 10.7 Å². The highest BCUT2D eigenvalue weighted by Crippen LogP contribution is 2.35. The van der Waals surface area contributed by atoms with Crippen molar-refractivity contribution < 1.29 is 28.3 Å². The number of nitrogens with two attached hydrogens (primary N) is 1. The summed E-state index contributed by atoms with van der Waals surface area (Å²) in [5.74, 6) is 0.908. The van der Waals surface area contributed by atoms with Gasteiger partial charge in [0.1, 0.15) is 52.5 Å². The van der Waals surface area contributed by atoms with Crippen molar-refractivity contribution in [3.05, 3.63) is 90.1 Å². The lowest BCUT2D eigenvalue weighted by molar-refractivity contribution is 0.100. The molecule has 0 spiro atoms. The molecule has 210 valence electrons. The summed E-state index contributed by atoms with van der Waals surface area (Å²) in [6.07, 6.45) is 2.50. The SMILES string of the molecule is CN/C=C\C(N)=NC(=O)c1cc(Oc2ccc3c(c2)OCCN(Cc2ccccc2)S3=O)cc(OC(C)CO)c1. The van der Waals surface area contributed by atoms with Crippen LogP contribution in [0.2, 0.25) is 0 Å². The summed E-state index contributed by atoms with van der Waals surface area (Å²) < 4.78 is 33.0. The number of benzene rings is 3. The molecule has 11 heteroatoms. The maximum absolute atomic E-state index is 13.4. The first-order valence-corrected chi connectivity index (χ1v) is 13.8. The fraction of sp³-hybridized carbons (Fsp3) is 0.241. The van der Waals surface area contributed by atoms with Crippen molar-refractivity contribution in [1.82, 2.24) is 9.62 Å². The fourth-order valence-electron chi connectivity index (χ4n) is 3.83. The number of carbonyl (C=O) groups excluding carboxylic acids is 1. The molecule has 3 aromatic carbocycles. The normalized spacial score (nSPS) is 16.5. The van der Waals surface area contributed by atoms with Crippen LogP contribution >= 0.6 is 0 Å². The van der Waals surface area contributed by atoms with Gasteiger partial charge < -0.3 is 30.4 Å². The number of rotatable bonds is 10. The number of hydrogen-bond acceptors (Lipinski definition) is 7. The van der Waals surface area contributed by atoms with Gasteiger partial charge >= 0.3 is 0 Å². The number of carbonyl (C=O) groups is 1. The predicted molar refractivity (Wildman–Crippen MR) is 153 cm³/mol. The van der Waals surface area contributed by atoms with Gasteiger partial charge in [-0.2, -0.15) is 4.99 Å². The predicted octanol–water partition coefficient (Wildman–Crippen LogP) is 3.39. The molecule has 1 aliphatic heterocycles. The molecule has 1 aliphatic rings. The van der Waals surface area contributed by atoms with Crippen molar-refractivity contribution >= 4 is 22.7 Å². The summed E-state index contributed by atoms with van der Waals surface area (Å²) in [5.41, 5.74) is 7.05. The van der Waals surface area contributed by atoms with Crippen LogP contribution < -0.4 is 25.3 Å². The Labute approximate surface area is 235 Å². The largest absolute Gasteiger partial charge is 0.491 e. The van der Waals surface area contributed by atoms with Gasteiger partial charge in [-0.05, 0) is 49.0 Å². The highest BCUT2D eigenvalue weighted by Gasteiger charge is 2.24. The van der Waals surface area contributed by atoms with Crippen molar-refractivity contribution in [3.63, 3.8) is 0 Å². The molecule has 0 saturated carbocycles. The van der Waals surface area contributed by atoms with E-state index in [4.69, 9.17) is 19.9 Å². The maximum Gasteiger partial charge on any atom is 0.279 e. The number of aliphatic hydroxyl groups is 1. The molecule has 4 N–H and O–H groups in total. The van der Waals surface area contributed by atoms with Gasteiger partial charge in [-0.25, -0.2) is 8.51 Å². The lowest BCUT2D eigenvalue weighted by Crippen LogP contribution is -2.27. The minimum atomic E-state index is -1.43. The van der Waals surface area contributed by atoms with E-state index in [2.05, 4.69) is 10.3 Å². The van der Waals surface area contributed by atoms with Crippen LogP contribution in [0.1, 0.15) is 22.8 Å². The topological polar surface area (TPSA) is 136 Å². The molecular formula is C29H32N4O6S. The fourth-order valence-corrected chi connectivity index (χ4v) is 5.09. The number of amidine groups is 1. The van der Waals surface area contributed by atoms with E-state index in [1.165, 1.54) is 18.2 Å². The van der Waals surface area contributed by atoms with Crippen LogP contribution in [-0.2, 0) is 17.5 Å². The number of hydrogen-bond donors (Lipinski definition) is 3. The molecule has 1 heterocycles. The minimum Gasteiger partial charge on any atom is -0.491 e. The average molecular weight is 565 g/mol. The number of aliphatic imine (C=N–C) groups is 1. The molecular weight excluding hydrogens is 532 g/mol. The van der Waals surface area contributed by atoms with Crippen LogP contribution in [0.5, 0.6) is 23.0 Å². The second kappa shape index (κ2) is 13.7. The van der Waals surface area contributed by atoms with E-state index in [1.54, 1.807) is 44.4 Å². The zero-order valence-corrected chi connectivity index (χ0v) is 23.1.